The Morgan fingerprint density at radius 3 is 2.68 bits per heavy atom. The molecule has 3 heterocycles. The van der Waals surface area contributed by atoms with E-state index in [0.29, 0.717) is 18.8 Å². The average Bonchev–Trinajstić information content (AvgIpc) is 3.26. The molecule has 0 saturated heterocycles. The van der Waals surface area contributed by atoms with Gasteiger partial charge in [-0.05, 0) is 18.6 Å². The lowest BCUT2D eigenvalue weighted by atomic mass is 10.0. The molecule has 0 fully saturated rings. The average molecular weight is 336 g/mol. The number of rotatable bonds is 4. The van der Waals surface area contributed by atoms with Crippen LogP contribution in [0.3, 0.4) is 0 Å². The fourth-order valence-corrected chi connectivity index (χ4v) is 3.26. The zero-order chi connectivity index (χ0) is 17.4. The monoisotopic (exact) mass is 336 g/mol. The Hall–Kier alpha value is -2.96. The van der Waals surface area contributed by atoms with Crippen LogP contribution in [0.2, 0.25) is 0 Å². The molecule has 0 N–H and O–H groups in total. The summed E-state index contributed by atoms with van der Waals surface area (Å²) in [5, 5.41) is 13.2. The third-order valence-electron chi connectivity index (χ3n) is 4.58. The van der Waals surface area contributed by atoms with E-state index >= 15 is 0 Å². The lowest BCUT2D eigenvalue weighted by molar-refractivity contribution is -0.135. The van der Waals surface area contributed by atoms with Gasteiger partial charge in [0.25, 0.3) is 0 Å². The SMILES string of the molecule is CCn1ccc(-c2nnc3n2[C@H](Cc2ccccc2)C(=O)N(C)C3)n1. The normalized spacial score (nSPS) is 17.0. The van der Waals surface area contributed by atoms with Crippen LogP contribution in [0.4, 0.5) is 0 Å². The van der Waals surface area contributed by atoms with Gasteiger partial charge in [0, 0.05) is 26.2 Å². The van der Waals surface area contributed by atoms with Gasteiger partial charge in [-0.2, -0.15) is 5.10 Å². The number of nitrogens with zero attached hydrogens (tertiary/aromatic N) is 6. The molecule has 7 nitrogen and oxygen atoms in total. The van der Waals surface area contributed by atoms with Crippen LogP contribution >= 0.6 is 0 Å². The highest BCUT2D eigenvalue weighted by molar-refractivity contribution is 5.82. The van der Waals surface area contributed by atoms with Crippen LogP contribution < -0.4 is 0 Å². The number of fused-ring (bicyclic) bond motifs is 1. The Balaban J connectivity index is 1.78. The van der Waals surface area contributed by atoms with Crippen LogP contribution in [0.25, 0.3) is 11.5 Å². The van der Waals surface area contributed by atoms with E-state index in [1.54, 1.807) is 4.90 Å². The van der Waals surface area contributed by atoms with Gasteiger partial charge in [0.05, 0.1) is 6.54 Å². The van der Waals surface area contributed by atoms with Crippen molar-refractivity contribution in [2.24, 2.45) is 0 Å². The van der Waals surface area contributed by atoms with Gasteiger partial charge in [-0.1, -0.05) is 30.3 Å². The summed E-state index contributed by atoms with van der Waals surface area (Å²) in [6, 6.07) is 11.6. The summed E-state index contributed by atoms with van der Waals surface area (Å²) in [5.41, 5.74) is 1.86. The molecule has 1 aromatic carbocycles. The minimum atomic E-state index is -0.354. The molecular weight excluding hydrogens is 316 g/mol. The van der Waals surface area contributed by atoms with Gasteiger partial charge in [-0.15, -0.1) is 10.2 Å². The van der Waals surface area contributed by atoms with Gasteiger partial charge in [-0.25, -0.2) is 0 Å². The van der Waals surface area contributed by atoms with Crippen LogP contribution in [0.1, 0.15) is 24.4 Å². The molecule has 1 aliphatic heterocycles. The number of carbonyl (C=O) groups excluding carboxylic acids is 1. The number of benzene rings is 1. The molecule has 7 heteroatoms. The van der Waals surface area contributed by atoms with Gasteiger partial charge in [-0.3, -0.25) is 14.0 Å². The minimum absolute atomic E-state index is 0.0762. The van der Waals surface area contributed by atoms with Crippen molar-refractivity contribution in [1.82, 2.24) is 29.4 Å². The third kappa shape index (κ3) is 2.71. The molecule has 25 heavy (non-hydrogen) atoms. The molecule has 1 amide bonds. The first-order valence-corrected chi connectivity index (χ1v) is 8.44. The topological polar surface area (TPSA) is 68.8 Å². The number of likely N-dealkylation sites (N-methyl/N-ethyl adjacent to an activating group) is 1. The van der Waals surface area contributed by atoms with Gasteiger partial charge in [0.1, 0.15) is 11.7 Å². The standard InChI is InChI=1S/C18H20N6O/c1-3-23-10-9-14(21-23)17-20-19-16-12-22(2)18(25)15(24(16)17)11-13-7-5-4-6-8-13/h4-10,15H,3,11-12H2,1-2H3/t15-/m1/s1. The van der Waals surface area contributed by atoms with Gasteiger partial charge < -0.3 is 4.90 Å². The van der Waals surface area contributed by atoms with Crippen LogP contribution in [-0.4, -0.2) is 42.4 Å². The second kappa shape index (κ2) is 6.16. The second-order valence-corrected chi connectivity index (χ2v) is 6.27. The number of hydrogen-bond acceptors (Lipinski definition) is 4. The fraction of sp³-hybridized carbons (Fsp3) is 0.333. The van der Waals surface area contributed by atoms with Crippen LogP contribution in [0.5, 0.6) is 0 Å². The molecule has 0 saturated carbocycles. The van der Waals surface area contributed by atoms with Crippen molar-refractivity contribution in [3.63, 3.8) is 0 Å². The Morgan fingerprint density at radius 1 is 1.16 bits per heavy atom. The molecule has 2 aromatic heterocycles. The summed E-state index contributed by atoms with van der Waals surface area (Å²) in [6.07, 6.45) is 2.52. The van der Waals surface area contributed by atoms with Crippen LogP contribution in [0, 0.1) is 0 Å². The lowest BCUT2D eigenvalue weighted by Crippen LogP contribution is -2.41. The van der Waals surface area contributed by atoms with Crippen molar-refractivity contribution < 1.29 is 4.79 Å². The summed E-state index contributed by atoms with van der Waals surface area (Å²) in [7, 11) is 1.81. The first-order chi connectivity index (χ1) is 12.2. The summed E-state index contributed by atoms with van der Waals surface area (Å²) in [5.74, 6) is 1.53. The Kier molecular flexibility index (Phi) is 3.83. The van der Waals surface area contributed by atoms with Crippen molar-refractivity contribution in [2.45, 2.75) is 32.5 Å². The van der Waals surface area contributed by atoms with E-state index in [9.17, 15) is 4.79 Å². The van der Waals surface area contributed by atoms with Gasteiger partial charge in [0.15, 0.2) is 11.6 Å². The predicted octanol–water partition coefficient (Wildman–Crippen LogP) is 1.92. The number of amides is 1. The Bertz CT molecular complexity index is 897. The number of aryl methyl sites for hydroxylation is 1. The van der Waals surface area contributed by atoms with Crippen molar-refractivity contribution >= 4 is 5.91 Å². The Morgan fingerprint density at radius 2 is 1.96 bits per heavy atom. The smallest absolute Gasteiger partial charge is 0.246 e. The van der Waals surface area contributed by atoms with E-state index in [1.165, 1.54) is 0 Å². The van der Waals surface area contributed by atoms with E-state index in [-0.39, 0.29) is 11.9 Å². The van der Waals surface area contributed by atoms with Crippen LogP contribution in [0.15, 0.2) is 42.6 Å². The zero-order valence-corrected chi connectivity index (χ0v) is 14.3. The van der Waals surface area contributed by atoms with E-state index in [2.05, 4.69) is 15.3 Å². The van der Waals surface area contributed by atoms with E-state index in [4.69, 9.17) is 0 Å². The maximum absolute atomic E-state index is 12.9. The number of carbonyl (C=O) groups is 1. The van der Waals surface area contributed by atoms with Gasteiger partial charge >= 0.3 is 0 Å². The molecule has 1 atom stereocenters. The minimum Gasteiger partial charge on any atom is -0.336 e. The molecule has 3 aromatic rings. The molecule has 0 spiro atoms. The van der Waals surface area contributed by atoms with Crippen LogP contribution in [-0.2, 0) is 24.3 Å². The summed E-state index contributed by atoms with van der Waals surface area (Å²) >= 11 is 0. The molecule has 4 rings (SSSR count). The molecule has 128 valence electrons. The highest BCUT2D eigenvalue weighted by atomic mass is 16.2. The largest absolute Gasteiger partial charge is 0.336 e. The summed E-state index contributed by atoms with van der Waals surface area (Å²) in [6.45, 7) is 3.29. The first kappa shape index (κ1) is 15.6. The van der Waals surface area contributed by atoms with E-state index < -0.39 is 0 Å². The first-order valence-electron chi connectivity index (χ1n) is 8.44. The molecule has 0 radical (unpaired) electrons. The van der Waals surface area contributed by atoms with Crippen molar-refractivity contribution in [2.75, 3.05) is 7.05 Å². The quantitative estimate of drug-likeness (QED) is 0.730. The number of hydrogen-bond donors (Lipinski definition) is 0. The second-order valence-electron chi connectivity index (χ2n) is 6.27. The highest BCUT2D eigenvalue weighted by Gasteiger charge is 2.35. The predicted molar refractivity (Wildman–Crippen MR) is 92.6 cm³/mol. The molecule has 0 aliphatic carbocycles. The Labute approximate surface area is 145 Å². The van der Waals surface area contributed by atoms with Gasteiger partial charge in [0.2, 0.25) is 5.91 Å². The number of aromatic nitrogens is 5. The lowest BCUT2D eigenvalue weighted by Gasteiger charge is -2.31. The molecule has 0 unspecified atom stereocenters. The van der Waals surface area contributed by atoms with Crippen molar-refractivity contribution in [1.29, 1.82) is 0 Å². The molecular formula is C18H20N6O. The fourth-order valence-electron chi connectivity index (χ4n) is 3.26. The third-order valence-corrected chi connectivity index (χ3v) is 4.58. The summed E-state index contributed by atoms with van der Waals surface area (Å²) < 4.78 is 3.80. The summed E-state index contributed by atoms with van der Waals surface area (Å²) in [4.78, 5) is 14.6. The highest BCUT2D eigenvalue weighted by Crippen LogP contribution is 2.29. The molecule has 1 aliphatic rings. The van der Waals surface area contributed by atoms with E-state index in [1.807, 2.05) is 65.8 Å². The zero-order valence-electron chi connectivity index (χ0n) is 14.3. The molecule has 0 bridgehead atoms. The van der Waals surface area contributed by atoms with Crippen molar-refractivity contribution in [3.05, 3.63) is 54.0 Å². The van der Waals surface area contributed by atoms with Crippen molar-refractivity contribution in [3.8, 4) is 11.5 Å². The van der Waals surface area contributed by atoms with E-state index in [0.717, 1.165) is 23.6 Å². The maximum Gasteiger partial charge on any atom is 0.246 e. The maximum atomic E-state index is 12.9.